The third-order valence-electron chi connectivity index (χ3n) is 1.71. The Morgan fingerprint density at radius 2 is 1.94 bits per heavy atom. The molecule has 1 aromatic rings. The van der Waals surface area contributed by atoms with E-state index in [1.807, 2.05) is 0 Å². The van der Waals surface area contributed by atoms with Gasteiger partial charge in [0.15, 0.2) is 0 Å². The van der Waals surface area contributed by atoms with Gasteiger partial charge in [-0.2, -0.15) is 13.2 Å². The molecule has 0 amide bonds. The minimum absolute atomic E-state index is 0.358. The molecule has 1 aromatic carbocycles. The summed E-state index contributed by atoms with van der Waals surface area (Å²) in [4.78, 5) is 9.32. The number of nitro benzene ring substituents is 1. The molecular formula is C7H3BrF4N2O2. The molecule has 0 aromatic heterocycles. The van der Waals surface area contributed by atoms with Crippen molar-refractivity contribution in [1.29, 1.82) is 0 Å². The number of hydrogen-bond acceptors (Lipinski definition) is 3. The first-order valence-corrected chi connectivity index (χ1v) is 4.44. The number of benzene rings is 1. The quantitative estimate of drug-likeness (QED) is 0.375. The van der Waals surface area contributed by atoms with Gasteiger partial charge in [0.1, 0.15) is 21.5 Å². The van der Waals surface area contributed by atoms with E-state index in [9.17, 15) is 27.7 Å². The van der Waals surface area contributed by atoms with E-state index in [0.29, 0.717) is 6.07 Å². The van der Waals surface area contributed by atoms with Crippen LogP contribution in [0.4, 0.5) is 28.9 Å². The van der Waals surface area contributed by atoms with Crippen LogP contribution in [0.25, 0.3) is 0 Å². The number of alkyl halides is 3. The third kappa shape index (κ3) is 2.08. The largest absolute Gasteiger partial charge is 0.421 e. The summed E-state index contributed by atoms with van der Waals surface area (Å²) in [6.45, 7) is 0. The second-order valence-corrected chi connectivity index (χ2v) is 3.59. The number of nitrogens with zero attached hydrogens (tertiary/aromatic N) is 1. The van der Waals surface area contributed by atoms with Crippen molar-refractivity contribution in [3.05, 3.63) is 32.0 Å². The molecule has 16 heavy (non-hydrogen) atoms. The topological polar surface area (TPSA) is 69.2 Å². The molecule has 0 atom stereocenters. The maximum Gasteiger partial charge on any atom is 0.421 e. The maximum atomic E-state index is 13.0. The van der Waals surface area contributed by atoms with Crippen LogP contribution in [-0.2, 0) is 6.18 Å². The van der Waals surface area contributed by atoms with Crippen LogP contribution < -0.4 is 5.73 Å². The van der Waals surface area contributed by atoms with Crippen molar-refractivity contribution < 1.29 is 22.5 Å². The van der Waals surface area contributed by atoms with E-state index in [1.54, 1.807) is 0 Å². The molecule has 0 unspecified atom stereocenters. The second-order valence-electron chi connectivity index (χ2n) is 2.73. The molecule has 4 nitrogen and oxygen atoms in total. The first-order valence-electron chi connectivity index (χ1n) is 3.65. The molecule has 1 rings (SSSR count). The molecule has 0 aliphatic heterocycles. The van der Waals surface area contributed by atoms with E-state index in [2.05, 4.69) is 15.9 Å². The molecule has 2 N–H and O–H groups in total. The van der Waals surface area contributed by atoms with Crippen LogP contribution in [0.1, 0.15) is 5.56 Å². The Kier molecular flexibility index (Phi) is 3.08. The predicted molar refractivity (Wildman–Crippen MR) is 50.2 cm³/mol. The lowest BCUT2D eigenvalue weighted by Gasteiger charge is -2.11. The average Bonchev–Trinajstić information content (AvgIpc) is 1.97. The highest BCUT2D eigenvalue weighted by Gasteiger charge is 2.40. The fraction of sp³-hybridized carbons (Fsp3) is 0.143. The van der Waals surface area contributed by atoms with Crippen molar-refractivity contribution >= 4 is 27.3 Å². The SMILES string of the molecule is Nc1c([N+](=O)[O-])c(Br)cc(F)c1C(F)(F)F. The number of nitrogens with two attached hydrogens (primary N) is 1. The number of rotatable bonds is 1. The Balaban J connectivity index is 3.65. The van der Waals surface area contributed by atoms with E-state index in [-0.39, 0.29) is 0 Å². The summed E-state index contributed by atoms with van der Waals surface area (Å²) in [7, 11) is 0. The molecule has 0 heterocycles. The van der Waals surface area contributed by atoms with E-state index in [4.69, 9.17) is 5.73 Å². The summed E-state index contributed by atoms with van der Waals surface area (Å²) in [5.74, 6) is -1.66. The Hall–Kier alpha value is -1.38. The molecule has 0 spiro atoms. The highest BCUT2D eigenvalue weighted by Crippen LogP contribution is 2.43. The predicted octanol–water partition coefficient (Wildman–Crippen LogP) is 3.10. The molecule has 88 valence electrons. The van der Waals surface area contributed by atoms with Crippen LogP contribution in [-0.4, -0.2) is 4.92 Å². The molecule has 0 saturated carbocycles. The van der Waals surface area contributed by atoms with Crippen molar-refractivity contribution in [3.8, 4) is 0 Å². The minimum atomic E-state index is -5.08. The van der Waals surface area contributed by atoms with Gasteiger partial charge < -0.3 is 5.73 Å². The van der Waals surface area contributed by atoms with Gasteiger partial charge in [0, 0.05) is 0 Å². The number of nitrogen functional groups attached to an aromatic ring is 1. The minimum Gasteiger partial charge on any atom is -0.393 e. The third-order valence-corrected chi connectivity index (χ3v) is 2.31. The zero-order valence-electron chi connectivity index (χ0n) is 7.31. The van der Waals surface area contributed by atoms with Gasteiger partial charge in [0.2, 0.25) is 0 Å². The van der Waals surface area contributed by atoms with Crippen LogP contribution in [0.15, 0.2) is 10.5 Å². The van der Waals surface area contributed by atoms with Gasteiger partial charge in [0.05, 0.1) is 4.92 Å². The van der Waals surface area contributed by atoms with Crippen LogP contribution >= 0.6 is 15.9 Å². The highest BCUT2D eigenvalue weighted by molar-refractivity contribution is 9.10. The number of halogens is 5. The fourth-order valence-corrected chi connectivity index (χ4v) is 1.66. The summed E-state index contributed by atoms with van der Waals surface area (Å²) in [5.41, 5.74) is 0.858. The van der Waals surface area contributed by atoms with Gasteiger partial charge in [-0.15, -0.1) is 0 Å². The molecule has 0 aliphatic rings. The number of nitro groups is 1. The summed E-state index contributed by atoms with van der Waals surface area (Å²) in [6, 6.07) is 0.358. The van der Waals surface area contributed by atoms with Gasteiger partial charge in [0.25, 0.3) is 0 Å². The maximum absolute atomic E-state index is 13.0. The standard InChI is InChI=1S/C7H3BrF4N2O2/c8-2-1-3(9)4(7(10,11)12)5(13)6(2)14(15)16/h1H,13H2. The zero-order chi connectivity index (χ0) is 12.7. The molecule has 0 fully saturated rings. The summed E-state index contributed by atoms with van der Waals surface area (Å²) in [5, 5.41) is 10.4. The van der Waals surface area contributed by atoms with Gasteiger partial charge in [-0.25, -0.2) is 4.39 Å². The first-order chi connectivity index (χ1) is 7.16. The first kappa shape index (κ1) is 12.7. The van der Waals surface area contributed by atoms with Crippen molar-refractivity contribution in [2.24, 2.45) is 0 Å². The van der Waals surface area contributed by atoms with Crippen molar-refractivity contribution in [2.45, 2.75) is 6.18 Å². The molecule has 0 saturated heterocycles. The lowest BCUT2D eigenvalue weighted by Crippen LogP contribution is -2.13. The summed E-state index contributed by atoms with van der Waals surface area (Å²) in [6.07, 6.45) is -5.08. The number of hydrogen-bond donors (Lipinski definition) is 1. The molecule has 9 heteroatoms. The lowest BCUT2D eigenvalue weighted by atomic mass is 10.1. The molecule has 0 radical (unpaired) electrons. The van der Waals surface area contributed by atoms with Gasteiger partial charge in [-0.05, 0) is 22.0 Å². The molecular weight excluding hydrogens is 300 g/mol. The number of anilines is 1. The average molecular weight is 303 g/mol. The fourth-order valence-electron chi connectivity index (χ4n) is 1.10. The van der Waals surface area contributed by atoms with Crippen LogP contribution in [0.3, 0.4) is 0 Å². The normalized spacial score (nSPS) is 11.6. The summed E-state index contributed by atoms with van der Waals surface area (Å²) >= 11 is 2.57. The van der Waals surface area contributed by atoms with E-state index in [1.165, 1.54) is 0 Å². The zero-order valence-corrected chi connectivity index (χ0v) is 8.89. The Bertz CT molecular complexity index is 461. The van der Waals surface area contributed by atoms with E-state index < -0.39 is 38.3 Å². The molecule has 0 bridgehead atoms. The van der Waals surface area contributed by atoms with Crippen molar-refractivity contribution in [2.75, 3.05) is 5.73 Å². The van der Waals surface area contributed by atoms with Crippen molar-refractivity contribution in [1.82, 2.24) is 0 Å². The lowest BCUT2D eigenvalue weighted by molar-refractivity contribution is -0.384. The van der Waals surface area contributed by atoms with E-state index in [0.717, 1.165) is 0 Å². The second kappa shape index (κ2) is 3.89. The Morgan fingerprint density at radius 3 is 2.31 bits per heavy atom. The van der Waals surface area contributed by atoms with Crippen LogP contribution in [0.5, 0.6) is 0 Å². The Labute approximate surface area is 94.3 Å². The Morgan fingerprint density at radius 1 is 1.44 bits per heavy atom. The smallest absolute Gasteiger partial charge is 0.393 e. The molecule has 0 aliphatic carbocycles. The van der Waals surface area contributed by atoms with Crippen molar-refractivity contribution in [3.63, 3.8) is 0 Å². The highest BCUT2D eigenvalue weighted by atomic mass is 79.9. The van der Waals surface area contributed by atoms with Crippen LogP contribution in [0.2, 0.25) is 0 Å². The van der Waals surface area contributed by atoms with Gasteiger partial charge >= 0.3 is 11.9 Å². The monoisotopic (exact) mass is 302 g/mol. The van der Waals surface area contributed by atoms with Crippen LogP contribution in [0, 0.1) is 15.9 Å². The van der Waals surface area contributed by atoms with Gasteiger partial charge in [-0.3, -0.25) is 10.1 Å². The van der Waals surface area contributed by atoms with Gasteiger partial charge in [-0.1, -0.05) is 0 Å². The van der Waals surface area contributed by atoms with E-state index >= 15 is 0 Å². The summed E-state index contributed by atoms with van der Waals surface area (Å²) < 4.78 is 49.5.